The van der Waals surface area contributed by atoms with E-state index in [9.17, 15) is 15.0 Å². The molecule has 0 radical (unpaired) electrons. The largest absolute Gasteiger partial charge is 0.377 e. The second-order valence-electron chi connectivity index (χ2n) is 8.03. The summed E-state index contributed by atoms with van der Waals surface area (Å²) in [7, 11) is 0. The molecule has 3 heterocycles. The third-order valence-electron chi connectivity index (χ3n) is 5.48. The maximum Gasteiger partial charge on any atom is 0.239 e. The van der Waals surface area contributed by atoms with Crippen LogP contribution < -0.4 is 16.0 Å². The second kappa shape index (κ2) is 9.26. The van der Waals surface area contributed by atoms with Crippen LogP contribution in [0.3, 0.4) is 0 Å². The number of nitrogens with zero attached hydrogens (tertiary/aromatic N) is 3. The molecule has 11 heteroatoms. The van der Waals surface area contributed by atoms with Crippen LogP contribution >= 0.6 is 22.9 Å². The minimum absolute atomic E-state index is 0.0883. The van der Waals surface area contributed by atoms with Gasteiger partial charge in [-0.1, -0.05) is 0 Å². The van der Waals surface area contributed by atoms with E-state index in [1.54, 1.807) is 22.4 Å². The standard InChI is InChI=1S/C21H25ClN6O3S/c1-21(2)18(30)27-20(31)28(21)8-7-24-19-23-6-5-14(26-19)16-10-12-9-13(25-17(29)11-22)3-4-15(12)32-16/h3-6,9-10,18,20,27,30-31H,7-8,11H2,1-2H3,(H,25,29)(H,23,24,26). The first-order valence-electron chi connectivity index (χ1n) is 10.1. The van der Waals surface area contributed by atoms with Crippen molar-refractivity contribution in [1.82, 2.24) is 20.2 Å². The third-order valence-corrected chi connectivity index (χ3v) is 6.86. The van der Waals surface area contributed by atoms with E-state index in [0.717, 1.165) is 20.7 Å². The lowest BCUT2D eigenvalue weighted by Crippen LogP contribution is -2.49. The van der Waals surface area contributed by atoms with Crippen molar-refractivity contribution < 1.29 is 15.0 Å². The lowest BCUT2D eigenvalue weighted by atomic mass is 10.0. The third kappa shape index (κ3) is 4.70. The molecule has 2 atom stereocenters. The van der Waals surface area contributed by atoms with Crippen LogP contribution in [0, 0.1) is 0 Å². The number of aromatic nitrogens is 2. The Morgan fingerprint density at radius 3 is 2.84 bits per heavy atom. The number of halogens is 1. The van der Waals surface area contributed by atoms with Gasteiger partial charge < -0.3 is 20.8 Å². The van der Waals surface area contributed by atoms with Crippen LogP contribution in [0.25, 0.3) is 20.7 Å². The molecule has 2 unspecified atom stereocenters. The van der Waals surface area contributed by atoms with E-state index >= 15 is 0 Å². The normalized spacial score (nSPS) is 20.5. The van der Waals surface area contributed by atoms with Gasteiger partial charge in [0.15, 0.2) is 6.35 Å². The van der Waals surface area contributed by atoms with Gasteiger partial charge in [-0.05, 0) is 49.6 Å². The van der Waals surface area contributed by atoms with Gasteiger partial charge in [0, 0.05) is 29.7 Å². The zero-order chi connectivity index (χ0) is 22.9. The van der Waals surface area contributed by atoms with Crippen LogP contribution in [0.15, 0.2) is 36.5 Å². The molecule has 0 spiro atoms. The van der Waals surface area contributed by atoms with Crippen LogP contribution in [-0.2, 0) is 4.79 Å². The summed E-state index contributed by atoms with van der Waals surface area (Å²) in [5.74, 6) is 0.146. The molecule has 32 heavy (non-hydrogen) atoms. The molecule has 5 N–H and O–H groups in total. The number of amides is 1. The lowest BCUT2D eigenvalue weighted by Gasteiger charge is -2.33. The molecule has 0 bridgehead atoms. The van der Waals surface area contributed by atoms with E-state index in [-0.39, 0.29) is 11.8 Å². The van der Waals surface area contributed by atoms with Crippen molar-refractivity contribution in [3.05, 3.63) is 36.5 Å². The summed E-state index contributed by atoms with van der Waals surface area (Å²) >= 11 is 7.16. The summed E-state index contributed by atoms with van der Waals surface area (Å²) in [5, 5.41) is 29.8. The maximum absolute atomic E-state index is 11.5. The average Bonchev–Trinajstić information content (AvgIpc) is 3.27. The quantitative estimate of drug-likeness (QED) is 0.329. The summed E-state index contributed by atoms with van der Waals surface area (Å²) in [5.41, 5.74) is 0.890. The topological polar surface area (TPSA) is 123 Å². The number of benzene rings is 1. The number of carbonyl (C=O) groups is 1. The van der Waals surface area contributed by atoms with Crippen molar-refractivity contribution in [2.75, 3.05) is 29.6 Å². The number of nitrogens with one attached hydrogen (secondary N) is 3. The van der Waals surface area contributed by atoms with Gasteiger partial charge in [-0.3, -0.25) is 15.0 Å². The lowest BCUT2D eigenvalue weighted by molar-refractivity contribution is -0.113. The van der Waals surface area contributed by atoms with E-state index in [4.69, 9.17) is 11.6 Å². The van der Waals surface area contributed by atoms with E-state index < -0.39 is 18.1 Å². The van der Waals surface area contributed by atoms with Crippen molar-refractivity contribution in [3.63, 3.8) is 0 Å². The SMILES string of the molecule is CC1(C)C(O)NC(O)N1CCNc1nccc(-c2cc3cc(NC(=O)CCl)ccc3s2)n1. The van der Waals surface area contributed by atoms with Crippen molar-refractivity contribution in [2.24, 2.45) is 0 Å². The summed E-state index contributed by atoms with van der Waals surface area (Å²) in [4.78, 5) is 23.2. The highest BCUT2D eigenvalue weighted by Crippen LogP contribution is 2.34. The predicted octanol–water partition coefficient (Wildman–Crippen LogP) is 2.23. The molecule has 3 aromatic rings. The number of fused-ring (bicyclic) bond motifs is 1. The number of hydrogen-bond donors (Lipinski definition) is 5. The second-order valence-corrected chi connectivity index (χ2v) is 9.38. The molecule has 0 saturated carbocycles. The highest BCUT2D eigenvalue weighted by atomic mass is 35.5. The molecular weight excluding hydrogens is 452 g/mol. The number of alkyl halides is 1. The number of anilines is 2. The fraction of sp³-hybridized carbons (Fsp3) is 0.381. The van der Waals surface area contributed by atoms with Gasteiger partial charge >= 0.3 is 0 Å². The first-order chi connectivity index (χ1) is 15.3. The van der Waals surface area contributed by atoms with Crippen LogP contribution in [0.4, 0.5) is 11.6 Å². The summed E-state index contributed by atoms with van der Waals surface area (Å²) < 4.78 is 1.08. The highest BCUT2D eigenvalue weighted by molar-refractivity contribution is 7.22. The molecular formula is C21H25ClN6O3S. The maximum atomic E-state index is 11.5. The van der Waals surface area contributed by atoms with Gasteiger partial charge in [-0.2, -0.15) is 0 Å². The molecule has 0 aliphatic carbocycles. The van der Waals surface area contributed by atoms with Crippen molar-refractivity contribution >= 4 is 50.6 Å². The van der Waals surface area contributed by atoms with Gasteiger partial charge in [0.2, 0.25) is 11.9 Å². The summed E-state index contributed by atoms with van der Waals surface area (Å²) in [6.07, 6.45) is -0.0262. The Hall–Kier alpha value is -2.34. The Balaban J connectivity index is 1.44. The molecule has 9 nitrogen and oxygen atoms in total. The fourth-order valence-electron chi connectivity index (χ4n) is 3.63. The van der Waals surface area contributed by atoms with E-state index in [2.05, 4.69) is 25.9 Å². The molecule has 170 valence electrons. The molecule has 1 fully saturated rings. The predicted molar refractivity (Wildman–Crippen MR) is 127 cm³/mol. The Kier molecular flexibility index (Phi) is 6.61. The Morgan fingerprint density at radius 2 is 2.12 bits per heavy atom. The van der Waals surface area contributed by atoms with Gasteiger partial charge in [-0.25, -0.2) is 9.97 Å². The van der Waals surface area contributed by atoms with Crippen molar-refractivity contribution in [2.45, 2.75) is 32.0 Å². The minimum Gasteiger partial charge on any atom is -0.377 e. The van der Waals surface area contributed by atoms with E-state index in [1.165, 1.54) is 0 Å². The molecule has 1 amide bonds. The average molecular weight is 477 g/mol. The zero-order valence-electron chi connectivity index (χ0n) is 17.7. The molecule has 1 saturated heterocycles. The first kappa shape index (κ1) is 22.8. The first-order valence-corrected chi connectivity index (χ1v) is 11.5. The van der Waals surface area contributed by atoms with Crippen LogP contribution in [0.5, 0.6) is 0 Å². The van der Waals surface area contributed by atoms with Crippen molar-refractivity contribution in [3.8, 4) is 10.6 Å². The molecule has 1 aromatic carbocycles. The van der Waals surface area contributed by atoms with Crippen LogP contribution in [0.2, 0.25) is 0 Å². The van der Waals surface area contributed by atoms with E-state index in [0.29, 0.717) is 24.7 Å². The summed E-state index contributed by atoms with van der Waals surface area (Å²) in [6, 6.07) is 9.59. The monoisotopic (exact) mass is 476 g/mol. The number of carbonyl (C=O) groups excluding carboxylic acids is 1. The zero-order valence-corrected chi connectivity index (χ0v) is 19.2. The highest BCUT2D eigenvalue weighted by Gasteiger charge is 2.45. The number of thiophene rings is 1. The number of rotatable bonds is 7. The Morgan fingerprint density at radius 1 is 1.31 bits per heavy atom. The van der Waals surface area contributed by atoms with Gasteiger partial charge in [0.25, 0.3) is 0 Å². The molecule has 1 aliphatic heterocycles. The Labute approximate surface area is 194 Å². The minimum atomic E-state index is -0.910. The van der Waals surface area contributed by atoms with E-state index in [1.807, 2.05) is 44.2 Å². The Bertz CT molecular complexity index is 1120. The smallest absolute Gasteiger partial charge is 0.239 e. The molecule has 4 rings (SSSR count). The van der Waals surface area contributed by atoms with Gasteiger partial charge in [0.1, 0.15) is 12.1 Å². The fourth-order valence-corrected chi connectivity index (χ4v) is 4.71. The number of aliphatic hydroxyl groups excluding tert-OH is 2. The molecule has 1 aliphatic rings. The van der Waals surface area contributed by atoms with Gasteiger partial charge in [0.05, 0.1) is 16.1 Å². The molecule has 2 aromatic heterocycles. The van der Waals surface area contributed by atoms with Gasteiger partial charge in [-0.15, -0.1) is 22.9 Å². The van der Waals surface area contributed by atoms with Crippen LogP contribution in [-0.4, -0.2) is 68.1 Å². The van der Waals surface area contributed by atoms with Crippen LogP contribution in [0.1, 0.15) is 13.8 Å². The summed E-state index contributed by atoms with van der Waals surface area (Å²) in [6.45, 7) is 4.72. The van der Waals surface area contributed by atoms with Crippen molar-refractivity contribution in [1.29, 1.82) is 0 Å². The number of aliphatic hydroxyl groups is 2. The number of hydrogen-bond acceptors (Lipinski definition) is 9.